The van der Waals surface area contributed by atoms with Gasteiger partial charge in [0.1, 0.15) is 0 Å². The van der Waals surface area contributed by atoms with Gasteiger partial charge in [-0.3, -0.25) is 0 Å². The van der Waals surface area contributed by atoms with Crippen LogP contribution < -0.4 is 4.90 Å². The Kier molecular flexibility index (Phi) is 9.20. The highest BCUT2D eigenvalue weighted by Crippen LogP contribution is 2.42. The molecule has 0 saturated heterocycles. The summed E-state index contributed by atoms with van der Waals surface area (Å²) in [5.41, 5.74) is 16.2. The van der Waals surface area contributed by atoms with Crippen LogP contribution >= 0.6 is 0 Å². The van der Waals surface area contributed by atoms with E-state index in [9.17, 15) is 0 Å². The van der Waals surface area contributed by atoms with Gasteiger partial charge in [0.25, 0.3) is 0 Å². The molecule has 1 aromatic heterocycles. The summed E-state index contributed by atoms with van der Waals surface area (Å²) in [5, 5.41) is 7.46. The van der Waals surface area contributed by atoms with Crippen molar-refractivity contribution in [1.29, 1.82) is 0 Å². The summed E-state index contributed by atoms with van der Waals surface area (Å²) in [5.74, 6) is 0. The van der Waals surface area contributed by atoms with Crippen LogP contribution in [0.2, 0.25) is 0 Å². The lowest BCUT2D eigenvalue weighted by molar-refractivity contribution is 1.18. The summed E-state index contributed by atoms with van der Waals surface area (Å²) in [6, 6.07) is 92.8. The molecule has 11 aromatic carbocycles. The number of fused-ring (bicyclic) bond motifs is 5. The third-order valence-corrected chi connectivity index (χ3v) is 12.8. The van der Waals surface area contributed by atoms with Gasteiger partial charge in [0.2, 0.25) is 0 Å². The van der Waals surface area contributed by atoms with Crippen LogP contribution in [0.3, 0.4) is 0 Å². The van der Waals surface area contributed by atoms with Gasteiger partial charge >= 0.3 is 0 Å². The summed E-state index contributed by atoms with van der Waals surface area (Å²) >= 11 is 0. The fourth-order valence-electron chi connectivity index (χ4n) is 9.67. The summed E-state index contributed by atoms with van der Waals surface area (Å²) in [7, 11) is 0. The number of rotatable bonds is 8. The first kappa shape index (κ1) is 37.3. The molecule has 2 heteroatoms. The highest BCUT2D eigenvalue weighted by Gasteiger charge is 2.19. The van der Waals surface area contributed by atoms with Crippen LogP contribution in [0.15, 0.2) is 255 Å². The molecular weight excluding hydrogens is 773 g/mol. The molecule has 0 unspecified atom stereocenters. The van der Waals surface area contributed by atoms with Gasteiger partial charge in [-0.2, -0.15) is 0 Å². The molecule has 0 radical (unpaired) electrons. The second-order valence-electron chi connectivity index (χ2n) is 16.5. The molecule has 0 atom stereocenters. The highest BCUT2D eigenvalue weighted by molar-refractivity contribution is 6.10. The van der Waals surface area contributed by atoms with E-state index in [0.29, 0.717) is 0 Å². The van der Waals surface area contributed by atoms with Crippen molar-refractivity contribution in [2.24, 2.45) is 0 Å². The van der Waals surface area contributed by atoms with E-state index < -0.39 is 0 Å². The Labute approximate surface area is 373 Å². The maximum atomic E-state index is 2.45. The molecule has 0 aliphatic carbocycles. The number of hydrogen-bond acceptors (Lipinski definition) is 1. The molecule has 64 heavy (non-hydrogen) atoms. The smallest absolute Gasteiger partial charge is 0.0546 e. The van der Waals surface area contributed by atoms with Crippen LogP contribution in [0.5, 0.6) is 0 Å². The Morgan fingerprint density at radius 1 is 0.250 bits per heavy atom. The lowest BCUT2D eigenvalue weighted by Gasteiger charge is -2.27. The zero-order valence-electron chi connectivity index (χ0n) is 35.1. The lowest BCUT2D eigenvalue weighted by Crippen LogP contribution is -2.10. The summed E-state index contributed by atoms with van der Waals surface area (Å²) in [6.45, 7) is 0. The van der Waals surface area contributed by atoms with Crippen LogP contribution in [-0.4, -0.2) is 4.57 Å². The minimum Gasteiger partial charge on any atom is -0.310 e. The van der Waals surface area contributed by atoms with Crippen molar-refractivity contribution in [3.05, 3.63) is 255 Å². The van der Waals surface area contributed by atoms with Crippen molar-refractivity contribution >= 4 is 60.4 Å². The lowest BCUT2D eigenvalue weighted by atomic mass is 9.96. The van der Waals surface area contributed by atoms with Gasteiger partial charge in [-0.25, -0.2) is 0 Å². The highest BCUT2D eigenvalue weighted by atomic mass is 15.1. The van der Waals surface area contributed by atoms with Crippen LogP contribution in [0.4, 0.5) is 17.1 Å². The molecule has 0 spiro atoms. The van der Waals surface area contributed by atoms with Crippen molar-refractivity contribution in [1.82, 2.24) is 4.57 Å². The van der Waals surface area contributed by atoms with Crippen LogP contribution in [0.1, 0.15) is 0 Å². The molecular formula is C62H42N2. The van der Waals surface area contributed by atoms with E-state index in [0.717, 1.165) is 33.9 Å². The van der Waals surface area contributed by atoms with Gasteiger partial charge in [0.15, 0.2) is 0 Å². The first-order chi connectivity index (χ1) is 31.7. The quantitative estimate of drug-likeness (QED) is 0.148. The van der Waals surface area contributed by atoms with Gasteiger partial charge in [0.05, 0.1) is 16.7 Å². The molecule has 0 saturated carbocycles. The second kappa shape index (κ2) is 15.8. The first-order valence-electron chi connectivity index (χ1n) is 22.0. The number of aromatic nitrogens is 1. The Balaban J connectivity index is 1.01. The Morgan fingerprint density at radius 3 is 1.52 bits per heavy atom. The predicted octanol–water partition coefficient (Wildman–Crippen LogP) is 17.2. The Hall–Kier alpha value is -8.46. The monoisotopic (exact) mass is 814 g/mol. The largest absolute Gasteiger partial charge is 0.310 e. The average molecular weight is 815 g/mol. The van der Waals surface area contributed by atoms with Gasteiger partial charge in [0, 0.05) is 33.4 Å². The number of nitrogens with zero attached hydrogens (tertiary/aromatic N) is 2. The molecule has 12 rings (SSSR count). The number of anilines is 3. The van der Waals surface area contributed by atoms with Gasteiger partial charge < -0.3 is 9.47 Å². The van der Waals surface area contributed by atoms with Crippen molar-refractivity contribution in [2.45, 2.75) is 0 Å². The fraction of sp³-hybridized carbons (Fsp3) is 0. The second-order valence-corrected chi connectivity index (χ2v) is 16.5. The summed E-state index contributed by atoms with van der Waals surface area (Å²) < 4.78 is 2.45. The van der Waals surface area contributed by atoms with Gasteiger partial charge in [-0.05, 0) is 121 Å². The average Bonchev–Trinajstić information content (AvgIpc) is 3.71. The van der Waals surface area contributed by atoms with Crippen molar-refractivity contribution < 1.29 is 0 Å². The van der Waals surface area contributed by atoms with Crippen LogP contribution in [-0.2, 0) is 0 Å². The van der Waals surface area contributed by atoms with E-state index >= 15 is 0 Å². The fourth-order valence-corrected chi connectivity index (χ4v) is 9.67. The zero-order chi connectivity index (χ0) is 42.4. The Bertz CT molecular complexity index is 3610. The predicted molar refractivity (Wildman–Crippen MR) is 272 cm³/mol. The van der Waals surface area contributed by atoms with E-state index in [1.807, 2.05) is 0 Å². The summed E-state index contributed by atoms with van der Waals surface area (Å²) in [4.78, 5) is 2.40. The molecule has 0 aliphatic rings. The van der Waals surface area contributed by atoms with E-state index in [1.165, 1.54) is 76.7 Å². The van der Waals surface area contributed by atoms with E-state index in [-0.39, 0.29) is 0 Å². The topological polar surface area (TPSA) is 8.17 Å². The van der Waals surface area contributed by atoms with Crippen LogP contribution in [0, 0.1) is 0 Å². The molecule has 0 bridgehead atoms. The molecule has 0 fully saturated rings. The number of benzene rings is 11. The molecule has 0 amide bonds. The molecule has 300 valence electrons. The minimum atomic E-state index is 1.08. The van der Waals surface area contributed by atoms with Gasteiger partial charge in [-0.15, -0.1) is 0 Å². The van der Waals surface area contributed by atoms with E-state index in [1.54, 1.807) is 0 Å². The Morgan fingerprint density at radius 2 is 0.766 bits per heavy atom. The third kappa shape index (κ3) is 6.61. The third-order valence-electron chi connectivity index (χ3n) is 12.8. The molecule has 2 nitrogen and oxygen atoms in total. The van der Waals surface area contributed by atoms with E-state index in [4.69, 9.17) is 0 Å². The van der Waals surface area contributed by atoms with Crippen LogP contribution in [0.25, 0.3) is 93.5 Å². The standard InChI is InChI=1S/C62H42N2/c1-2-16-46(17-3-1)57-38-35-50(42-62(57)64-60-29-10-8-26-58(60)59-27-9-11-30-61(59)64)48-21-12-23-53(40-48)63(52-36-33-44(34-37-52)49-32-31-43-15-4-5-19-47(43)39-49)54-24-13-22-51(41-54)56-28-14-20-45-18-6-7-25-55(45)56/h1-42H. The van der Waals surface area contributed by atoms with E-state index in [2.05, 4.69) is 264 Å². The number of hydrogen-bond donors (Lipinski definition) is 0. The number of para-hydroxylation sites is 2. The SMILES string of the molecule is c1ccc(-c2ccc(-c3cccc(N(c4ccc(-c5ccc6ccccc6c5)cc4)c4cccc(-c5cccc6ccccc56)c4)c3)cc2-n2c3ccccc3c3ccccc32)cc1. The van der Waals surface area contributed by atoms with Gasteiger partial charge in [-0.1, -0.05) is 194 Å². The summed E-state index contributed by atoms with van der Waals surface area (Å²) in [6.07, 6.45) is 0. The minimum absolute atomic E-state index is 1.08. The van der Waals surface area contributed by atoms with Crippen molar-refractivity contribution in [2.75, 3.05) is 4.90 Å². The molecule has 12 aromatic rings. The maximum Gasteiger partial charge on any atom is 0.0546 e. The van der Waals surface area contributed by atoms with Crippen molar-refractivity contribution in [3.63, 3.8) is 0 Å². The molecule has 1 heterocycles. The molecule has 0 N–H and O–H groups in total. The van der Waals surface area contributed by atoms with Crippen molar-refractivity contribution in [3.8, 4) is 50.2 Å². The first-order valence-corrected chi connectivity index (χ1v) is 22.0. The normalized spacial score (nSPS) is 11.4. The zero-order valence-corrected chi connectivity index (χ0v) is 35.1. The molecule has 0 aliphatic heterocycles. The maximum absolute atomic E-state index is 2.45.